The van der Waals surface area contributed by atoms with Crippen LogP contribution >= 0.6 is 34.7 Å². The SMILES string of the molecule is CCCNC(CSc1ccc(Cl)cc1)c1ccc(C)s1. The highest BCUT2D eigenvalue weighted by Gasteiger charge is 2.13. The fraction of sp³-hybridized carbons (Fsp3) is 0.375. The Morgan fingerprint density at radius 3 is 2.55 bits per heavy atom. The van der Waals surface area contributed by atoms with Gasteiger partial charge in [0, 0.05) is 25.4 Å². The molecule has 0 aliphatic rings. The summed E-state index contributed by atoms with van der Waals surface area (Å²) in [5, 5.41) is 4.44. The van der Waals surface area contributed by atoms with Gasteiger partial charge in [-0.15, -0.1) is 23.1 Å². The molecule has 0 fully saturated rings. The molecule has 108 valence electrons. The molecule has 0 spiro atoms. The second kappa shape index (κ2) is 8.08. The second-order valence-corrected chi connectivity index (χ2v) is 7.57. The van der Waals surface area contributed by atoms with E-state index in [-0.39, 0.29) is 0 Å². The van der Waals surface area contributed by atoms with Crippen LogP contribution in [0.2, 0.25) is 5.02 Å². The van der Waals surface area contributed by atoms with Crippen molar-refractivity contribution >= 4 is 34.7 Å². The predicted molar refractivity (Wildman–Crippen MR) is 92.3 cm³/mol. The fourth-order valence-electron chi connectivity index (χ4n) is 1.91. The summed E-state index contributed by atoms with van der Waals surface area (Å²) >= 11 is 9.69. The van der Waals surface area contributed by atoms with Crippen molar-refractivity contribution < 1.29 is 0 Å². The number of aryl methyl sites for hydroxylation is 1. The topological polar surface area (TPSA) is 12.0 Å². The largest absolute Gasteiger partial charge is 0.309 e. The van der Waals surface area contributed by atoms with Crippen LogP contribution in [0.3, 0.4) is 0 Å². The first-order valence-electron chi connectivity index (χ1n) is 6.87. The molecular formula is C16H20ClNS2. The third kappa shape index (κ3) is 4.81. The zero-order valence-corrected chi connectivity index (χ0v) is 14.2. The van der Waals surface area contributed by atoms with Crippen LogP contribution in [-0.4, -0.2) is 12.3 Å². The Balaban J connectivity index is 1.98. The number of hydrogen-bond acceptors (Lipinski definition) is 3. The lowest BCUT2D eigenvalue weighted by Crippen LogP contribution is -2.23. The molecule has 0 bridgehead atoms. The highest BCUT2D eigenvalue weighted by molar-refractivity contribution is 7.99. The van der Waals surface area contributed by atoms with Gasteiger partial charge in [0.2, 0.25) is 0 Å². The lowest BCUT2D eigenvalue weighted by Gasteiger charge is -2.16. The Morgan fingerprint density at radius 1 is 1.20 bits per heavy atom. The van der Waals surface area contributed by atoms with E-state index in [1.165, 1.54) is 14.6 Å². The highest BCUT2D eigenvalue weighted by Crippen LogP contribution is 2.29. The molecule has 0 saturated carbocycles. The van der Waals surface area contributed by atoms with Crippen molar-refractivity contribution in [2.45, 2.75) is 31.2 Å². The van der Waals surface area contributed by atoms with Crippen molar-refractivity contribution in [3.05, 3.63) is 51.2 Å². The maximum atomic E-state index is 5.92. The van der Waals surface area contributed by atoms with Gasteiger partial charge in [-0.3, -0.25) is 0 Å². The van der Waals surface area contributed by atoms with Crippen LogP contribution in [0.5, 0.6) is 0 Å². The van der Waals surface area contributed by atoms with E-state index >= 15 is 0 Å². The minimum absolute atomic E-state index is 0.425. The average molecular weight is 326 g/mol. The number of thioether (sulfide) groups is 1. The molecule has 20 heavy (non-hydrogen) atoms. The summed E-state index contributed by atoms with van der Waals surface area (Å²) in [5.74, 6) is 1.04. The molecule has 1 nitrogen and oxygen atoms in total. The molecule has 1 heterocycles. The standard InChI is InChI=1S/C16H20ClNS2/c1-3-10-18-15(16-9-4-12(2)20-16)11-19-14-7-5-13(17)6-8-14/h4-9,15,18H,3,10-11H2,1-2H3. The van der Waals surface area contributed by atoms with E-state index in [1.807, 2.05) is 35.2 Å². The first-order chi connectivity index (χ1) is 9.69. The van der Waals surface area contributed by atoms with Crippen LogP contribution in [0.1, 0.15) is 29.1 Å². The van der Waals surface area contributed by atoms with Crippen LogP contribution in [0.15, 0.2) is 41.3 Å². The summed E-state index contributed by atoms with van der Waals surface area (Å²) in [6.45, 7) is 5.43. The third-order valence-electron chi connectivity index (χ3n) is 2.98. The smallest absolute Gasteiger partial charge is 0.0510 e. The van der Waals surface area contributed by atoms with Gasteiger partial charge in [0.25, 0.3) is 0 Å². The Bertz CT molecular complexity index is 522. The summed E-state index contributed by atoms with van der Waals surface area (Å²) in [6, 6.07) is 13.0. The Labute approximate surface area is 134 Å². The number of nitrogens with one attached hydrogen (secondary N) is 1. The normalized spacial score (nSPS) is 12.6. The molecule has 0 radical (unpaired) electrons. The number of hydrogen-bond donors (Lipinski definition) is 1. The molecule has 0 aliphatic carbocycles. The summed E-state index contributed by atoms with van der Waals surface area (Å²) in [7, 11) is 0. The van der Waals surface area contributed by atoms with Gasteiger partial charge in [0.1, 0.15) is 0 Å². The van der Waals surface area contributed by atoms with E-state index in [4.69, 9.17) is 11.6 Å². The molecule has 0 amide bonds. The maximum Gasteiger partial charge on any atom is 0.0510 e. The molecule has 1 N–H and O–H groups in total. The maximum absolute atomic E-state index is 5.92. The van der Waals surface area contributed by atoms with Crippen LogP contribution in [0.25, 0.3) is 0 Å². The highest BCUT2D eigenvalue weighted by atomic mass is 35.5. The van der Waals surface area contributed by atoms with E-state index < -0.39 is 0 Å². The second-order valence-electron chi connectivity index (χ2n) is 4.72. The molecule has 4 heteroatoms. The van der Waals surface area contributed by atoms with Crippen LogP contribution in [-0.2, 0) is 0 Å². The van der Waals surface area contributed by atoms with Crippen LogP contribution in [0.4, 0.5) is 0 Å². The molecular weight excluding hydrogens is 306 g/mol. The Hall–Kier alpha value is -0.480. The van der Waals surface area contributed by atoms with Gasteiger partial charge in [-0.1, -0.05) is 18.5 Å². The van der Waals surface area contributed by atoms with Gasteiger partial charge in [0.15, 0.2) is 0 Å². The van der Waals surface area contributed by atoms with Crippen molar-refractivity contribution in [1.29, 1.82) is 0 Å². The summed E-state index contributed by atoms with van der Waals surface area (Å²) < 4.78 is 0. The molecule has 1 aromatic carbocycles. The third-order valence-corrected chi connectivity index (χ3v) is 5.45. The van der Waals surface area contributed by atoms with Gasteiger partial charge in [-0.2, -0.15) is 0 Å². The average Bonchev–Trinajstić information content (AvgIpc) is 2.87. The van der Waals surface area contributed by atoms with E-state index in [1.54, 1.807) is 0 Å². The van der Waals surface area contributed by atoms with Crippen molar-refractivity contribution in [2.24, 2.45) is 0 Å². The monoisotopic (exact) mass is 325 g/mol. The quantitative estimate of drug-likeness (QED) is 0.670. The lowest BCUT2D eigenvalue weighted by molar-refractivity contribution is 0.585. The zero-order valence-electron chi connectivity index (χ0n) is 11.9. The fourth-order valence-corrected chi connectivity index (χ4v) is 4.08. The molecule has 0 saturated heterocycles. The number of benzene rings is 1. The number of rotatable bonds is 7. The van der Waals surface area contributed by atoms with Crippen LogP contribution < -0.4 is 5.32 Å². The van der Waals surface area contributed by atoms with Crippen molar-refractivity contribution in [1.82, 2.24) is 5.32 Å². The van der Waals surface area contributed by atoms with Crippen LogP contribution in [0, 0.1) is 6.92 Å². The van der Waals surface area contributed by atoms with E-state index in [9.17, 15) is 0 Å². The molecule has 0 aliphatic heterocycles. The van der Waals surface area contributed by atoms with E-state index in [2.05, 4.69) is 43.4 Å². The van der Waals surface area contributed by atoms with Crippen molar-refractivity contribution in [2.75, 3.05) is 12.3 Å². The van der Waals surface area contributed by atoms with E-state index in [0.29, 0.717) is 6.04 Å². The predicted octanol–water partition coefficient (Wildman–Crippen LogP) is 5.54. The van der Waals surface area contributed by atoms with Gasteiger partial charge in [-0.25, -0.2) is 0 Å². The van der Waals surface area contributed by atoms with Gasteiger partial charge >= 0.3 is 0 Å². The minimum Gasteiger partial charge on any atom is -0.309 e. The number of halogens is 1. The van der Waals surface area contributed by atoms with Gasteiger partial charge < -0.3 is 5.32 Å². The van der Waals surface area contributed by atoms with Gasteiger partial charge in [0.05, 0.1) is 6.04 Å². The molecule has 2 aromatic rings. The zero-order chi connectivity index (χ0) is 14.4. The van der Waals surface area contributed by atoms with Gasteiger partial charge in [-0.05, 0) is 56.3 Å². The molecule has 1 atom stereocenters. The Morgan fingerprint density at radius 2 is 1.95 bits per heavy atom. The van der Waals surface area contributed by atoms with Crippen molar-refractivity contribution in [3.8, 4) is 0 Å². The summed E-state index contributed by atoms with van der Waals surface area (Å²) in [4.78, 5) is 4.07. The first kappa shape index (κ1) is 15.9. The first-order valence-corrected chi connectivity index (χ1v) is 9.05. The molecule has 2 rings (SSSR count). The molecule has 1 aromatic heterocycles. The lowest BCUT2D eigenvalue weighted by atomic mass is 10.2. The van der Waals surface area contributed by atoms with Crippen molar-refractivity contribution in [3.63, 3.8) is 0 Å². The summed E-state index contributed by atoms with van der Waals surface area (Å²) in [5.41, 5.74) is 0. The minimum atomic E-state index is 0.425. The summed E-state index contributed by atoms with van der Waals surface area (Å²) in [6.07, 6.45) is 1.16. The molecule has 1 unspecified atom stereocenters. The Kier molecular flexibility index (Phi) is 6.43. The number of thiophene rings is 1. The van der Waals surface area contributed by atoms with E-state index in [0.717, 1.165) is 23.7 Å².